The fourth-order valence-electron chi connectivity index (χ4n) is 4.82. The van der Waals surface area contributed by atoms with Crippen molar-refractivity contribution in [1.29, 1.82) is 0 Å². The first-order valence-corrected chi connectivity index (χ1v) is 14.8. The molecule has 238 valence electrons. The number of hydrogen-bond donors (Lipinski definition) is 4. The number of aromatic hydroxyl groups is 1. The van der Waals surface area contributed by atoms with Crippen LogP contribution in [-0.2, 0) is 34.2 Å². The minimum Gasteiger partial charge on any atom is -0.508 e. The smallest absolute Gasteiger partial charge is 0.320 e. The molecule has 2 aromatic heterocycles. The summed E-state index contributed by atoms with van der Waals surface area (Å²) in [6.07, 6.45) is 7.25. The Bertz CT molecular complexity index is 1580. The van der Waals surface area contributed by atoms with Crippen molar-refractivity contribution in [3.8, 4) is 17.0 Å². The monoisotopic (exact) mass is 615 g/mol. The summed E-state index contributed by atoms with van der Waals surface area (Å²) in [7, 11) is 1.86. The molecule has 3 heterocycles. The third-order valence-electron chi connectivity index (χ3n) is 7.24. The maximum absolute atomic E-state index is 12.5. The van der Waals surface area contributed by atoms with Crippen LogP contribution in [0.25, 0.3) is 11.3 Å². The van der Waals surface area contributed by atoms with Crippen LogP contribution in [0.1, 0.15) is 37.0 Å². The number of carbonyl (C=O) groups is 2. The van der Waals surface area contributed by atoms with E-state index in [0.717, 1.165) is 34.5 Å². The van der Waals surface area contributed by atoms with Crippen molar-refractivity contribution in [2.75, 3.05) is 18.4 Å². The van der Waals surface area contributed by atoms with Crippen LogP contribution in [0, 0.1) is 6.92 Å². The number of carboxylic acid groups (broad SMARTS) is 1. The fourth-order valence-corrected chi connectivity index (χ4v) is 4.82. The molecule has 5 N–H and O–H groups in total. The predicted octanol–water partition coefficient (Wildman–Crippen LogP) is 3.84. The van der Waals surface area contributed by atoms with Gasteiger partial charge < -0.3 is 30.9 Å². The molecule has 0 unspecified atom stereocenters. The number of anilines is 2. The highest BCUT2D eigenvalue weighted by molar-refractivity contribution is 5.77. The number of carbonyl (C=O) groups excluding carboxylic acids is 1. The van der Waals surface area contributed by atoms with Crippen molar-refractivity contribution in [2.24, 2.45) is 12.8 Å². The summed E-state index contributed by atoms with van der Waals surface area (Å²) in [4.78, 5) is 33.7. The highest BCUT2D eigenvalue weighted by Gasteiger charge is 2.31. The van der Waals surface area contributed by atoms with E-state index < -0.39 is 12.0 Å². The minimum absolute atomic E-state index is 0.160. The lowest BCUT2D eigenvalue weighted by Crippen LogP contribution is -2.55. The van der Waals surface area contributed by atoms with Crippen LogP contribution in [0.2, 0.25) is 0 Å². The van der Waals surface area contributed by atoms with Gasteiger partial charge in [0.15, 0.2) is 0 Å². The van der Waals surface area contributed by atoms with Crippen molar-refractivity contribution in [3.63, 3.8) is 0 Å². The first kappa shape index (κ1) is 33.1. The molecule has 0 radical (unpaired) electrons. The summed E-state index contributed by atoms with van der Waals surface area (Å²) in [5.74, 6) is -0.142. The number of aryl methyl sites for hydroxylation is 3. The first-order chi connectivity index (χ1) is 21.5. The Balaban J connectivity index is 0.000000297. The second-order valence-corrected chi connectivity index (χ2v) is 11.4. The Labute approximate surface area is 262 Å². The maximum atomic E-state index is 12.5. The third-order valence-corrected chi connectivity index (χ3v) is 7.24. The number of hydrogen-bond acceptors (Lipinski definition) is 9. The van der Waals surface area contributed by atoms with E-state index in [-0.39, 0.29) is 30.3 Å². The highest BCUT2D eigenvalue weighted by Crippen LogP contribution is 2.24. The first-order valence-electron chi connectivity index (χ1n) is 14.8. The fraction of sp³-hybridized carbons (Fsp3) is 0.364. The normalized spacial score (nSPS) is 13.5. The van der Waals surface area contributed by atoms with Crippen molar-refractivity contribution in [2.45, 2.75) is 58.3 Å². The second kappa shape index (κ2) is 15.3. The highest BCUT2D eigenvalue weighted by atomic mass is 16.5. The van der Waals surface area contributed by atoms with Crippen molar-refractivity contribution in [3.05, 3.63) is 83.8 Å². The quantitative estimate of drug-likeness (QED) is 0.194. The van der Waals surface area contributed by atoms with Gasteiger partial charge in [-0.1, -0.05) is 24.3 Å². The topological polar surface area (TPSA) is 169 Å². The number of aromatic nitrogens is 4. The SMILES string of the molecule is Cc1cc(-c2ccnc(Nc3cnn(C)c3)n2)ccc1CCC(=O)N1CC(OC(C)C)C1.N[C@@H](Cc1ccc(O)cc1)C(=O)O. The van der Waals surface area contributed by atoms with Crippen molar-refractivity contribution >= 4 is 23.5 Å². The van der Waals surface area contributed by atoms with E-state index in [1.165, 1.54) is 17.7 Å². The average molecular weight is 616 g/mol. The summed E-state index contributed by atoms with van der Waals surface area (Å²) < 4.78 is 7.45. The lowest BCUT2D eigenvalue weighted by atomic mass is 9.99. The number of rotatable bonds is 11. The summed E-state index contributed by atoms with van der Waals surface area (Å²) in [5, 5.41) is 24.8. The second-order valence-electron chi connectivity index (χ2n) is 11.4. The van der Waals surface area contributed by atoms with Gasteiger partial charge in [-0.2, -0.15) is 5.10 Å². The number of ether oxygens (including phenoxy) is 1. The standard InChI is InChI=1S/C24H30N6O2.C9H11NO3/c1-16(2)32-21-14-30(15-21)23(31)8-7-18-5-6-19(11-17(18)3)22-9-10-25-24(28-22)27-20-12-26-29(4)13-20;10-8(9(12)13)5-6-1-3-7(11)4-2-6/h5-6,9-13,16,21H,7-8,14-15H2,1-4H3,(H,25,27,28);1-4,8,11H,5,10H2,(H,12,13)/t;8-/m.0/s1. The number of nitrogens with zero attached hydrogens (tertiary/aromatic N) is 5. The number of phenols is 1. The molecule has 0 bridgehead atoms. The van der Waals surface area contributed by atoms with Gasteiger partial charge in [-0.3, -0.25) is 14.3 Å². The number of amides is 1. The van der Waals surface area contributed by atoms with E-state index in [4.69, 9.17) is 20.7 Å². The number of phenolic OH excluding ortho intramolecular Hbond substituents is 1. The molecule has 1 saturated heterocycles. The lowest BCUT2D eigenvalue weighted by Gasteiger charge is -2.40. The summed E-state index contributed by atoms with van der Waals surface area (Å²) in [6.45, 7) is 7.54. The molecule has 45 heavy (non-hydrogen) atoms. The molecule has 1 amide bonds. The van der Waals surface area contributed by atoms with Gasteiger partial charge in [-0.15, -0.1) is 0 Å². The molecule has 1 fully saturated rings. The summed E-state index contributed by atoms with van der Waals surface area (Å²) in [5.41, 5.74) is 11.2. The van der Waals surface area contributed by atoms with Crippen molar-refractivity contribution in [1.82, 2.24) is 24.6 Å². The number of nitrogens with one attached hydrogen (secondary N) is 1. The third kappa shape index (κ3) is 9.85. The molecule has 4 aromatic rings. The van der Waals surface area contributed by atoms with Gasteiger partial charge in [0.25, 0.3) is 0 Å². The predicted molar refractivity (Wildman–Crippen MR) is 171 cm³/mol. The zero-order valence-corrected chi connectivity index (χ0v) is 26.1. The molecule has 0 aliphatic carbocycles. The average Bonchev–Trinajstić information content (AvgIpc) is 3.39. The molecule has 1 atom stereocenters. The molecule has 1 aliphatic rings. The van der Waals surface area contributed by atoms with Crippen LogP contribution in [0.4, 0.5) is 11.6 Å². The zero-order valence-electron chi connectivity index (χ0n) is 26.1. The van der Waals surface area contributed by atoms with Gasteiger partial charge in [-0.05, 0) is 74.6 Å². The molecule has 0 saturated carbocycles. The zero-order chi connectivity index (χ0) is 32.5. The molecule has 1 aliphatic heterocycles. The molecule has 2 aromatic carbocycles. The van der Waals surface area contributed by atoms with Gasteiger partial charge in [0, 0.05) is 44.5 Å². The van der Waals surface area contributed by atoms with Gasteiger partial charge in [-0.25, -0.2) is 9.97 Å². The van der Waals surface area contributed by atoms with E-state index in [1.807, 2.05) is 38.1 Å². The molecule has 0 spiro atoms. The van der Waals surface area contributed by atoms with E-state index in [1.54, 1.807) is 29.2 Å². The molecular weight excluding hydrogens is 574 g/mol. The van der Waals surface area contributed by atoms with Crippen LogP contribution in [0.5, 0.6) is 5.75 Å². The number of benzene rings is 2. The number of aliphatic carboxylic acids is 1. The molecule has 12 nitrogen and oxygen atoms in total. The van der Waals surface area contributed by atoms with Gasteiger partial charge in [0.1, 0.15) is 11.8 Å². The molecule has 12 heteroatoms. The van der Waals surface area contributed by atoms with Crippen LogP contribution in [0.3, 0.4) is 0 Å². The van der Waals surface area contributed by atoms with Crippen LogP contribution in [0.15, 0.2) is 67.1 Å². The number of nitrogens with two attached hydrogens (primary N) is 1. The molecule has 5 rings (SSSR count). The van der Waals surface area contributed by atoms with Gasteiger partial charge in [0.05, 0.1) is 29.8 Å². The Hall–Kier alpha value is -4.81. The number of carboxylic acids is 1. The maximum Gasteiger partial charge on any atom is 0.320 e. The van der Waals surface area contributed by atoms with E-state index >= 15 is 0 Å². The van der Waals surface area contributed by atoms with Gasteiger partial charge in [0.2, 0.25) is 11.9 Å². The molecular formula is C33H41N7O5. The van der Waals surface area contributed by atoms with Crippen LogP contribution in [-0.4, -0.2) is 78.1 Å². The lowest BCUT2D eigenvalue weighted by molar-refractivity contribution is -0.148. The summed E-state index contributed by atoms with van der Waals surface area (Å²) >= 11 is 0. The van der Waals surface area contributed by atoms with Crippen LogP contribution < -0.4 is 11.1 Å². The Kier molecular flexibility index (Phi) is 11.2. The van der Waals surface area contributed by atoms with Crippen molar-refractivity contribution < 1.29 is 24.5 Å². The number of likely N-dealkylation sites (tertiary alicyclic amines) is 1. The van der Waals surface area contributed by atoms with E-state index in [2.05, 4.69) is 45.5 Å². The largest absolute Gasteiger partial charge is 0.508 e. The Morgan fingerprint density at radius 1 is 1.13 bits per heavy atom. The Morgan fingerprint density at radius 2 is 1.87 bits per heavy atom. The van der Waals surface area contributed by atoms with Gasteiger partial charge >= 0.3 is 5.97 Å². The summed E-state index contributed by atoms with van der Waals surface area (Å²) in [6, 6.07) is 13.6. The Morgan fingerprint density at radius 3 is 2.49 bits per heavy atom. The van der Waals surface area contributed by atoms with E-state index in [9.17, 15) is 9.59 Å². The van der Waals surface area contributed by atoms with E-state index in [0.29, 0.717) is 25.5 Å². The minimum atomic E-state index is -1.02. The van der Waals surface area contributed by atoms with Crippen LogP contribution >= 0.6 is 0 Å².